The molecule has 0 aliphatic carbocycles. The van der Waals surface area contributed by atoms with E-state index in [1.54, 1.807) is 0 Å². The second-order valence-corrected chi connectivity index (χ2v) is 7.67. The number of alkyl halides is 3. The van der Waals surface area contributed by atoms with Crippen LogP contribution in [0.4, 0.5) is 8.78 Å². The third kappa shape index (κ3) is 4.13. The molecule has 0 radical (unpaired) electrons. The molecule has 0 atom stereocenters. The predicted octanol–water partition coefficient (Wildman–Crippen LogP) is 3.05. The van der Waals surface area contributed by atoms with Crippen molar-refractivity contribution < 1.29 is 17.2 Å². The van der Waals surface area contributed by atoms with Gasteiger partial charge in [0.25, 0.3) is 16.4 Å². The largest absolute Gasteiger partial charge is 0.252 e. The van der Waals surface area contributed by atoms with Crippen molar-refractivity contribution in [2.75, 3.05) is 18.4 Å². The van der Waals surface area contributed by atoms with Gasteiger partial charge in [-0.05, 0) is 12.1 Å². The molecule has 0 fully saturated rings. The van der Waals surface area contributed by atoms with Gasteiger partial charge in [0.1, 0.15) is 4.21 Å². The van der Waals surface area contributed by atoms with Crippen LogP contribution < -0.4 is 0 Å². The number of hydrogen-bond acceptors (Lipinski definition) is 3. The molecule has 0 amide bonds. The van der Waals surface area contributed by atoms with Crippen LogP contribution in [0.15, 0.2) is 16.3 Å². The smallest absolute Gasteiger partial charge is 0.209 e. The van der Waals surface area contributed by atoms with Gasteiger partial charge in [-0.2, -0.15) is 4.31 Å². The minimum atomic E-state index is -3.88. The maximum absolute atomic E-state index is 12.3. The summed E-state index contributed by atoms with van der Waals surface area (Å²) in [5.74, 6) is 0. The Morgan fingerprint density at radius 2 is 2.12 bits per heavy atom. The summed E-state index contributed by atoms with van der Waals surface area (Å²) in [7, 11) is -3.88. The lowest BCUT2D eigenvalue weighted by molar-refractivity contribution is 0.121. The van der Waals surface area contributed by atoms with Crippen molar-refractivity contribution in [2.45, 2.75) is 10.6 Å². The van der Waals surface area contributed by atoms with Crippen molar-refractivity contribution in [3.63, 3.8) is 0 Å². The zero-order valence-corrected chi connectivity index (χ0v) is 12.4. The van der Waals surface area contributed by atoms with Crippen molar-refractivity contribution in [1.82, 2.24) is 4.31 Å². The van der Waals surface area contributed by atoms with E-state index in [0.29, 0.717) is 4.34 Å². The highest BCUT2D eigenvalue weighted by molar-refractivity contribution is 9.09. The molecule has 1 aromatic rings. The molecule has 0 unspecified atom stereocenters. The number of thiophene rings is 1. The molecule has 17 heavy (non-hydrogen) atoms. The summed E-state index contributed by atoms with van der Waals surface area (Å²) < 4.78 is 49.6. The average molecular weight is 369 g/mol. The molecule has 0 saturated heterocycles. The van der Waals surface area contributed by atoms with Gasteiger partial charge in [0, 0.05) is 11.9 Å². The Kier molecular flexibility index (Phi) is 5.78. The number of hydrogen-bond donors (Lipinski definition) is 0. The van der Waals surface area contributed by atoms with Gasteiger partial charge < -0.3 is 0 Å². The van der Waals surface area contributed by atoms with E-state index >= 15 is 0 Å². The maximum atomic E-state index is 12.3. The third-order valence-electron chi connectivity index (χ3n) is 1.82. The first kappa shape index (κ1) is 15.3. The van der Waals surface area contributed by atoms with Crippen LogP contribution in [-0.4, -0.2) is 37.6 Å². The average Bonchev–Trinajstić information content (AvgIpc) is 2.64. The fraction of sp³-hybridized carbons (Fsp3) is 0.500. The van der Waals surface area contributed by atoms with Gasteiger partial charge in [-0.1, -0.05) is 27.5 Å². The zero-order valence-electron chi connectivity index (χ0n) is 8.45. The van der Waals surface area contributed by atoms with Crippen LogP contribution in [0.1, 0.15) is 0 Å². The lowest BCUT2D eigenvalue weighted by atomic mass is 10.6. The van der Waals surface area contributed by atoms with E-state index in [2.05, 4.69) is 15.9 Å². The number of rotatable bonds is 6. The molecule has 98 valence electrons. The summed E-state index contributed by atoms with van der Waals surface area (Å²) in [5, 5.41) is 0.290. The molecule has 1 heterocycles. The van der Waals surface area contributed by atoms with E-state index in [-0.39, 0.29) is 16.1 Å². The van der Waals surface area contributed by atoms with E-state index < -0.39 is 23.0 Å². The summed E-state index contributed by atoms with van der Waals surface area (Å²) in [6.45, 7) is -0.828. The number of nitrogens with zero attached hydrogens (tertiary/aromatic N) is 1. The standard InChI is InChI=1S/C8H9BrClF2NO2S2/c9-3-4-13(5-7(11)12)17(14,15)8-2-1-6(10)16-8/h1-2,7H,3-5H2. The molecule has 9 heteroatoms. The highest BCUT2D eigenvalue weighted by Crippen LogP contribution is 2.28. The zero-order chi connectivity index (χ0) is 13.1. The molecule has 0 spiro atoms. The Bertz CT molecular complexity index is 466. The Morgan fingerprint density at radius 1 is 1.47 bits per heavy atom. The van der Waals surface area contributed by atoms with Crippen LogP contribution in [0.25, 0.3) is 0 Å². The van der Waals surface area contributed by atoms with Crippen LogP contribution in [0.5, 0.6) is 0 Å². The molecule has 0 N–H and O–H groups in total. The molecule has 0 aliphatic heterocycles. The Hall–Kier alpha value is 0.240. The Balaban J connectivity index is 2.99. The van der Waals surface area contributed by atoms with E-state index in [1.165, 1.54) is 12.1 Å². The van der Waals surface area contributed by atoms with Gasteiger partial charge in [-0.3, -0.25) is 0 Å². The normalized spacial score (nSPS) is 12.6. The van der Waals surface area contributed by atoms with Gasteiger partial charge in [0.15, 0.2) is 0 Å². The lowest BCUT2D eigenvalue weighted by Gasteiger charge is -2.19. The minimum Gasteiger partial charge on any atom is -0.209 e. The van der Waals surface area contributed by atoms with Crippen molar-refractivity contribution in [3.8, 4) is 0 Å². The summed E-state index contributed by atoms with van der Waals surface area (Å²) >= 11 is 9.52. The highest BCUT2D eigenvalue weighted by Gasteiger charge is 2.28. The van der Waals surface area contributed by atoms with E-state index in [4.69, 9.17) is 11.6 Å². The van der Waals surface area contributed by atoms with E-state index in [0.717, 1.165) is 15.6 Å². The number of halogens is 4. The van der Waals surface area contributed by atoms with E-state index in [9.17, 15) is 17.2 Å². The first-order valence-corrected chi connectivity index (χ1v) is 8.23. The first-order chi connectivity index (χ1) is 7.87. The molecule has 1 rings (SSSR count). The molecule has 0 bridgehead atoms. The van der Waals surface area contributed by atoms with Crippen molar-refractivity contribution in [2.24, 2.45) is 0 Å². The second-order valence-electron chi connectivity index (χ2n) is 3.00. The lowest BCUT2D eigenvalue weighted by Crippen LogP contribution is -2.36. The van der Waals surface area contributed by atoms with Crippen molar-refractivity contribution in [3.05, 3.63) is 16.5 Å². The topological polar surface area (TPSA) is 37.4 Å². The Morgan fingerprint density at radius 3 is 2.53 bits per heavy atom. The number of sulfonamides is 1. The van der Waals surface area contributed by atoms with Crippen molar-refractivity contribution >= 4 is 48.9 Å². The van der Waals surface area contributed by atoms with Gasteiger partial charge in [0.05, 0.1) is 10.9 Å². The molecule has 0 aliphatic rings. The third-order valence-corrected chi connectivity index (χ3v) is 5.74. The quantitative estimate of drug-likeness (QED) is 0.724. The fourth-order valence-electron chi connectivity index (χ4n) is 1.12. The molecule has 3 nitrogen and oxygen atoms in total. The SMILES string of the molecule is O=S(=O)(c1ccc(Cl)s1)N(CCBr)CC(F)F. The molecule has 0 aromatic carbocycles. The molecular formula is C8H9BrClF2NO2S2. The van der Waals surface area contributed by atoms with Crippen LogP contribution >= 0.6 is 38.9 Å². The molecule has 1 aromatic heterocycles. The predicted molar refractivity (Wildman–Crippen MR) is 67.9 cm³/mol. The second kappa shape index (κ2) is 6.42. The molecular weight excluding hydrogens is 360 g/mol. The molecule has 0 saturated carbocycles. The first-order valence-electron chi connectivity index (χ1n) is 4.47. The monoisotopic (exact) mass is 367 g/mol. The Labute approximate surface area is 116 Å². The van der Waals surface area contributed by atoms with Crippen LogP contribution in [0.2, 0.25) is 4.34 Å². The van der Waals surface area contributed by atoms with Gasteiger partial charge >= 0.3 is 0 Å². The summed E-state index contributed by atoms with van der Waals surface area (Å²) in [6, 6.07) is 2.74. The van der Waals surface area contributed by atoms with E-state index in [1.807, 2.05) is 0 Å². The van der Waals surface area contributed by atoms with Crippen LogP contribution in [-0.2, 0) is 10.0 Å². The van der Waals surface area contributed by atoms with Gasteiger partial charge in [-0.15, -0.1) is 11.3 Å². The minimum absolute atomic E-state index is 0.0117. The van der Waals surface area contributed by atoms with Crippen LogP contribution in [0.3, 0.4) is 0 Å². The van der Waals surface area contributed by atoms with Crippen LogP contribution in [0, 0.1) is 0 Å². The fourth-order valence-corrected chi connectivity index (χ4v) is 4.84. The maximum Gasteiger partial charge on any atom is 0.252 e. The highest BCUT2D eigenvalue weighted by atomic mass is 79.9. The summed E-state index contributed by atoms with van der Waals surface area (Å²) in [4.78, 5) is 0. The van der Waals surface area contributed by atoms with Gasteiger partial charge in [0.2, 0.25) is 0 Å². The summed E-state index contributed by atoms with van der Waals surface area (Å²) in [5.41, 5.74) is 0. The van der Waals surface area contributed by atoms with Gasteiger partial charge in [-0.25, -0.2) is 17.2 Å². The summed E-state index contributed by atoms with van der Waals surface area (Å²) in [6.07, 6.45) is -2.71. The van der Waals surface area contributed by atoms with Crippen molar-refractivity contribution in [1.29, 1.82) is 0 Å².